The molecule has 1 N–H and O–H groups in total. The minimum absolute atomic E-state index is 0.0963. The van der Waals surface area contributed by atoms with Gasteiger partial charge in [-0.2, -0.15) is 4.31 Å². The number of ether oxygens (including phenoxy) is 1. The molecule has 1 fully saturated rings. The average molecular weight is 423 g/mol. The van der Waals surface area contributed by atoms with Crippen molar-refractivity contribution in [3.63, 3.8) is 0 Å². The van der Waals surface area contributed by atoms with E-state index in [4.69, 9.17) is 11.6 Å². The van der Waals surface area contributed by atoms with Gasteiger partial charge in [-0.3, -0.25) is 4.79 Å². The van der Waals surface area contributed by atoms with Gasteiger partial charge in [0.2, 0.25) is 15.9 Å². The van der Waals surface area contributed by atoms with Crippen molar-refractivity contribution in [3.8, 4) is 0 Å². The fourth-order valence-corrected chi connectivity index (χ4v) is 4.85. The van der Waals surface area contributed by atoms with Gasteiger partial charge in [-0.25, -0.2) is 13.2 Å². The van der Waals surface area contributed by atoms with Gasteiger partial charge < -0.3 is 10.1 Å². The van der Waals surface area contributed by atoms with E-state index in [-0.39, 0.29) is 11.4 Å². The van der Waals surface area contributed by atoms with E-state index in [1.165, 1.54) is 47.8 Å². The molecule has 28 heavy (non-hydrogen) atoms. The summed E-state index contributed by atoms with van der Waals surface area (Å²) in [5.41, 5.74) is 0.821. The molecule has 7 nitrogen and oxygen atoms in total. The van der Waals surface area contributed by atoms with E-state index >= 15 is 0 Å². The Morgan fingerprint density at radius 1 is 1.11 bits per heavy atom. The van der Waals surface area contributed by atoms with E-state index in [9.17, 15) is 18.0 Å². The average Bonchev–Trinajstić information content (AvgIpc) is 3.19. The summed E-state index contributed by atoms with van der Waals surface area (Å²) >= 11 is 5.83. The van der Waals surface area contributed by atoms with Gasteiger partial charge >= 0.3 is 5.97 Å². The number of nitrogens with zero attached hydrogens (tertiary/aromatic N) is 1. The van der Waals surface area contributed by atoms with Crippen LogP contribution in [0.3, 0.4) is 0 Å². The van der Waals surface area contributed by atoms with Crippen molar-refractivity contribution in [2.24, 2.45) is 0 Å². The van der Waals surface area contributed by atoms with Gasteiger partial charge in [-0.05, 0) is 61.4 Å². The molecule has 1 aliphatic rings. The number of halogens is 1. The van der Waals surface area contributed by atoms with Crippen LogP contribution in [0, 0.1) is 0 Å². The first-order chi connectivity index (χ1) is 13.3. The molecule has 2 aromatic rings. The van der Waals surface area contributed by atoms with E-state index < -0.39 is 27.9 Å². The topological polar surface area (TPSA) is 92.8 Å². The van der Waals surface area contributed by atoms with Crippen LogP contribution in [0.15, 0.2) is 53.4 Å². The Kier molecular flexibility index (Phi) is 6.02. The van der Waals surface area contributed by atoms with E-state index in [2.05, 4.69) is 10.1 Å². The number of rotatable bonds is 5. The fraction of sp³-hybridized carbons (Fsp3) is 0.263. The number of esters is 1. The first-order valence-electron chi connectivity index (χ1n) is 8.59. The van der Waals surface area contributed by atoms with Crippen LogP contribution in [0.4, 0.5) is 5.69 Å². The monoisotopic (exact) mass is 422 g/mol. The van der Waals surface area contributed by atoms with Crippen molar-refractivity contribution >= 4 is 39.2 Å². The van der Waals surface area contributed by atoms with Crippen molar-refractivity contribution in [2.75, 3.05) is 19.0 Å². The number of hydrogen-bond acceptors (Lipinski definition) is 5. The second-order valence-electron chi connectivity index (χ2n) is 6.29. The lowest BCUT2D eigenvalue weighted by Gasteiger charge is -2.23. The smallest absolute Gasteiger partial charge is 0.337 e. The first-order valence-corrected chi connectivity index (χ1v) is 10.4. The second kappa shape index (κ2) is 8.30. The number of methoxy groups -OCH3 is 1. The minimum atomic E-state index is -3.81. The predicted octanol–water partition coefficient (Wildman–Crippen LogP) is 2.92. The Balaban J connectivity index is 1.76. The SMILES string of the molecule is COC(=O)c1ccc(NC(=O)C2CCCN2S(=O)(=O)c2ccc(Cl)cc2)cc1. The van der Waals surface area contributed by atoms with Gasteiger partial charge in [0.25, 0.3) is 0 Å². The number of carbonyl (C=O) groups is 2. The predicted molar refractivity (Wildman–Crippen MR) is 105 cm³/mol. The number of benzene rings is 2. The normalized spacial score (nSPS) is 17.3. The molecule has 0 aromatic heterocycles. The Morgan fingerprint density at radius 3 is 2.36 bits per heavy atom. The van der Waals surface area contributed by atoms with Crippen LogP contribution in [0.1, 0.15) is 23.2 Å². The van der Waals surface area contributed by atoms with E-state index in [0.29, 0.717) is 29.1 Å². The van der Waals surface area contributed by atoms with Gasteiger partial charge in [-0.1, -0.05) is 11.6 Å². The summed E-state index contributed by atoms with van der Waals surface area (Å²) in [5, 5.41) is 3.15. The van der Waals surface area contributed by atoms with Crippen molar-refractivity contribution < 1.29 is 22.7 Å². The summed E-state index contributed by atoms with van der Waals surface area (Å²) < 4.78 is 31.7. The van der Waals surface area contributed by atoms with Gasteiger partial charge in [0.15, 0.2) is 0 Å². The highest BCUT2D eigenvalue weighted by atomic mass is 35.5. The largest absolute Gasteiger partial charge is 0.465 e. The summed E-state index contributed by atoms with van der Waals surface area (Å²) in [4.78, 5) is 24.3. The molecule has 1 amide bonds. The molecule has 3 rings (SSSR count). The molecule has 1 heterocycles. The third-order valence-corrected chi connectivity index (χ3v) is 6.67. The summed E-state index contributed by atoms with van der Waals surface area (Å²) in [7, 11) is -2.53. The zero-order valence-corrected chi connectivity index (χ0v) is 16.7. The van der Waals surface area contributed by atoms with Crippen LogP contribution in [-0.2, 0) is 19.6 Å². The van der Waals surface area contributed by atoms with Crippen molar-refractivity contribution in [1.29, 1.82) is 0 Å². The zero-order valence-electron chi connectivity index (χ0n) is 15.1. The Bertz CT molecular complexity index is 974. The molecule has 0 radical (unpaired) electrons. The lowest BCUT2D eigenvalue weighted by Crippen LogP contribution is -2.43. The fourth-order valence-electron chi connectivity index (χ4n) is 3.06. The van der Waals surface area contributed by atoms with Crippen molar-refractivity contribution in [1.82, 2.24) is 4.31 Å². The van der Waals surface area contributed by atoms with Gasteiger partial charge in [-0.15, -0.1) is 0 Å². The number of anilines is 1. The summed E-state index contributed by atoms with van der Waals surface area (Å²) in [6.07, 6.45) is 1.02. The molecule has 2 aromatic carbocycles. The zero-order chi connectivity index (χ0) is 20.3. The lowest BCUT2D eigenvalue weighted by atomic mass is 10.2. The van der Waals surface area contributed by atoms with Crippen LogP contribution in [0.2, 0.25) is 5.02 Å². The molecule has 9 heteroatoms. The summed E-state index contributed by atoms with van der Waals surface area (Å²) in [5.74, 6) is -0.894. The quantitative estimate of drug-likeness (QED) is 0.748. The van der Waals surface area contributed by atoms with Crippen molar-refractivity contribution in [3.05, 3.63) is 59.1 Å². The molecule has 0 aliphatic carbocycles. The van der Waals surface area contributed by atoms with E-state index in [0.717, 1.165) is 0 Å². The molecule has 0 saturated carbocycles. The number of nitrogens with one attached hydrogen (secondary N) is 1. The Morgan fingerprint density at radius 2 is 1.75 bits per heavy atom. The van der Waals surface area contributed by atoms with E-state index in [1.807, 2.05) is 0 Å². The summed E-state index contributed by atoms with van der Waals surface area (Å²) in [6.45, 7) is 0.268. The maximum absolute atomic E-state index is 12.9. The standard InChI is InChI=1S/C19H19ClN2O5S/c1-27-19(24)13-4-8-15(9-5-13)21-18(23)17-3-2-12-22(17)28(25,26)16-10-6-14(20)7-11-16/h4-11,17H,2-3,12H2,1H3,(H,21,23). The number of amides is 1. The molecule has 0 bridgehead atoms. The molecule has 1 atom stereocenters. The molecular formula is C19H19ClN2O5S. The summed E-state index contributed by atoms with van der Waals surface area (Å²) in [6, 6.07) is 11.2. The molecule has 1 saturated heterocycles. The lowest BCUT2D eigenvalue weighted by molar-refractivity contribution is -0.119. The van der Waals surface area contributed by atoms with Gasteiger partial charge in [0.1, 0.15) is 6.04 Å². The molecule has 1 aliphatic heterocycles. The number of hydrogen-bond donors (Lipinski definition) is 1. The van der Waals surface area contributed by atoms with Crippen LogP contribution < -0.4 is 5.32 Å². The Hall–Kier alpha value is -2.42. The van der Waals surface area contributed by atoms with Gasteiger partial charge in [0.05, 0.1) is 17.6 Å². The number of sulfonamides is 1. The second-order valence-corrected chi connectivity index (χ2v) is 8.61. The minimum Gasteiger partial charge on any atom is -0.465 e. The third kappa shape index (κ3) is 4.19. The first kappa shape index (κ1) is 20.3. The molecule has 0 spiro atoms. The highest BCUT2D eigenvalue weighted by Gasteiger charge is 2.39. The van der Waals surface area contributed by atoms with Crippen LogP contribution >= 0.6 is 11.6 Å². The molecule has 1 unspecified atom stereocenters. The third-order valence-electron chi connectivity index (χ3n) is 4.50. The van der Waals surface area contributed by atoms with Crippen LogP contribution in [0.25, 0.3) is 0 Å². The molecule has 148 valence electrons. The highest BCUT2D eigenvalue weighted by molar-refractivity contribution is 7.89. The van der Waals surface area contributed by atoms with Gasteiger partial charge in [0, 0.05) is 17.3 Å². The number of carbonyl (C=O) groups excluding carboxylic acids is 2. The van der Waals surface area contributed by atoms with Crippen LogP contribution in [-0.4, -0.2) is 44.3 Å². The van der Waals surface area contributed by atoms with Crippen molar-refractivity contribution in [2.45, 2.75) is 23.8 Å². The maximum Gasteiger partial charge on any atom is 0.337 e. The van der Waals surface area contributed by atoms with E-state index in [1.54, 1.807) is 12.1 Å². The molecular weight excluding hydrogens is 404 g/mol. The highest BCUT2D eigenvalue weighted by Crippen LogP contribution is 2.27. The Labute approximate surface area is 168 Å². The maximum atomic E-state index is 12.9. The van der Waals surface area contributed by atoms with Crippen LogP contribution in [0.5, 0.6) is 0 Å².